The van der Waals surface area contributed by atoms with E-state index in [-0.39, 0.29) is 17.7 Å². The maximum atomic E-state index is 12.6. The van der Waals surface area contributed by atoms with Crippen LogP contribution in [0, 0.1) is 11.8 Å². The van der Waals surface area contributed by atoms with Crippen molar-refractivity contribution in [1.82, 2.24) is 10.2 Å². The van der Waals surface area contributed by atoms with Crippen molar-refractivity contribution in [1.29, 1.82) is 0 Å². The molecule has 1 aromatic heterocycles. The molecule has 2 heterocycles. The minimum atomic E-state index is -0.321. The predicted octanol–water partition coefficient (Wildman–Crippen LogP) is 4.29. The summed E-state index contributed by atoms with van der Waals surface area (Å²) in [6.07, 6.45) is 12.2. The first-order valence-corrected chi connectivity index (χ1v) is 9.18. The van der Waals surface area contributed by atoms with Gasteiger partial charge in [0, 0.05) is 40.0 Å². The number of hydrogen-bond donors (Lipinski definition) is 2. The van der Waals surface area contributed by atoms with Crippen LogP contribution in [0.1, 0.15) is 44.2 Å². The second kappa shape index (κ2) is 6.64. The fourth-order valence-electron chi connectivity index (χ4n) is 3.20. The molecular formula is C19H21ClN4O. The second-order valence-electron chi connectivity index (χ2n) is 6.93. The van der Waals surface area contributed by atoms with Crippen molar-refractivity contribution < 1.29 is 4.79 Å². The summed E-state index contributed by atoms with van der Waals surface area (Å²) in [5.41, 5.74) is 2.91. The number of carbonyl (C=O) groups is 1. The van der Waals surface area contributed by atoms with Gasteiger partial charge in [-0.1, -0.05) is 23.8 Å². The van der Waals surface area contributed by atoms with Crippen LogP contribution in [0.3, 0.4) is 0 Å². The third-order valence-electron chi connectivity index (χ3n) is 4.94. The molecule has 2 atom stereocenters. The minimum Gasteiger partial charge on any atom is -0.309 e. The summed E-state index contributed by atoms with van der Waals surface area (Å²) < 4.78 is 0. The van der Waals surface area contributed by atoms with Crippen LogP contribution < -0.4 is 5.32 Å². The van der Waals surface area contributed by atoms with Gasteiger partial charge >= 0.3 is 0 Å². The van der Waals surface area contributed by atoms with Crippen LogP contribution in [0.2, 0.25) is 0 Å². The molecule has 0 saturated heterocycles. The third kappa shape index (κ3) is 3.61. The first kappa shape index (κ1) is 16.3. The number of anilines is 1. The van der Waals surface area contributed by atoms with Gasteiger partial charge in [0.05, 0.1) is 5.92 Å². The van der Waals surface area contributed by atoms with E-state index in [2.05, 4.69) is 26.6 Å². The number of halogens is 1. The van der Waals surface area contributed by atoms with E-state index in [4.69, 9.17) is 11.6 Å². The lowest BCUT2D eigenvalue weighted by atomic mass is 9.95. The first-order chi connectivity index (χ1) is 12.1. The largest absolute Gasteiger partial charge is 0.309 e. The topological polar surface area (TPSA) is 70.1 Å². The summed E-state index contributed by atoms with van der Waals surface area (Å²) in [5, 5.41) is 10.8. The van der Waals surface area contributed by atoms with E-state index in [1.165, 1.54) is 12.8 Å². The number of amides is 1. The van der Waals surface area contributed by atoms with E-state index in [9.17, 15) is 4.79 Å². The van der Waals surface area contributed by atoms with Gasteiger partial charge in [-0.2, -0.15) is 5.10 Å². The van der Waals surface area contributed by atoms with Gasteiger partial charge in [0.25, 0.3) is 0 Å². The molecule has 1 unspecified atom stereocenters. The molecule has 25 heavy (non-hydrogen) atoms. The number of rotatable bonds is 4. The Bertz CT molecular complexity index is 813. The SMILES string of the molecule is C[C@H](C(=O)Nc1cc(C2CC2)[nH]n1)C1=CC2CC/C=C(Cl)\C=C/C2=N1. The van der Waals surface area contributed by atoms with Crippen molar-refractivity contribution in [3.63, 3.8) is 0 Å². The molecule has 0 aromatic carbocycles. The van der Waals surface area contributed by atoms with Crippen molar-refractivity contribution in [2.24, 2.45) is 16.8 Å². The molecule has 2 N–H and O–H groups in total. The molecule has 6 heteroatoms. The summed E-state index contributed by atoms with van der Waals surface area (Å²) in [6, 6.07) is 1.93. The van der Waals surface area contributed by atoms with Gasteiger partial charge in [0.2, 0.25) is 5.91 Å². The Morgan fingerprint density at radius 3 is 3.00 bits per heavy atom. The van der Waals surface area contributed by atoms with Crippen molar-refractivity contribution >= 4 is 29.0 Å². The van der Waals surface area contributed by atoms with E-state index in [1.54, 1.807) is 0 Å². The van der Waals surface area contributed by atoms with Crippen LogP contribution in [0.15, 0.2) is 46.1 Å². The zero-order valence-electron chi connectivity index (χ0n) is 14.1. The van der Waals surface area contributed by atoms with E-state index in [1.807, 2.05) is 31.2 Å². The lowest BCUT2D eigenvalue weighted by molar-refractivity contribution is -0.118. The Morgan fingerprint density at radius 2 is 2.20 bits per heavy atom. The summed E-state index contributed by atoms with van der Waals surface area (Å²) in [4.78, 5) is 17.2. The molecule has 0 radical (unpaired) electrons. The lowest BCUT2D eigenvalue weighted by Gasteiger charge is -2.09. The maximum Gasteiger partial charge on any atom is 0.234 e. The highest BCUT2D eigenvalue weighted by atomic mass is 35.5. The summed E-state index contributed by atoms with van der Waals surface area (Å²) in [7, 11) is 0. The number of carbonyl (C=O) groups excluding carboxylic acids is 1. The van der Waals surface area contributed by atoms with Crippen LogP contribution in [0.4, 0.5) is 5.82 Å². The third-order valence-corrected chi connectivity index (χ3v) is 5.22. The van der Waals surface area contributed by atoms with Crippen LogP contribution >= 0.6 is 11.6 Å². The second-order valence-corrected chi connectivity index (χ2v) is 7.36. The Hall–Kier alpha value is -2.14. The van der Waals surface area contributed by atoms with Gasteiger partial charge in [0.15, 0.2) is 5.82 Å². The molecule has 1 amide bonds. The summed E-state index contributed by atoms with van der Waals surface area (Å²) in [6.45, 7) is 1.88. The van der Waals surface area contributed by atoms with Gasteiger partial charge in [0.1, 0.15) is 0 Å². The Kier molecular flexibility index (Phi) is 4.34. The molecule has 130 valence electrons. The standard InChI is InChI=1S/C19H21ClN4O/c1-11(19(25)22-18-10-17(23-24-18)12-5-6-12)16-9-13-3-2-4-14(20)7-8-15(13)21-16/h4,7-13H,2-3,5-6H2,1H3,(H2,22,23,24,25)/b8-7-,14-4+/t11-,13?/m0/s1. The van der Waals surface area contributed by atoms with Crippen LogP contribution in [0.25, 0.3) is 0 Å². The molecular weight excluding hydrogens is 336 g/mol. The van der Waals surface area contributed by atoms with E-state index < -0.39 is 0 Å². The number of hydrogen-bond acceptors (Lipinski definition) is 3. The molecule has 3 aliphatic rings. The number of nitrogens with one attached hydrogen (secondary N) is 2. The van der Waals surface area contributed by atoms with Crippen molar-refractivity contribution in [3.8, 4) is 0 Å². The number of allylic oxidation sites excluding steroid dienone is 5. The number of H-pyrrole nitrogens is 1. The number of nitrogens with zero attached hydrogens (tertiary/aromatic N) is 2. The van der Waals surface area contributed by atoms with Crippen LogP contribution in [0.5, 0.6) is 0 Å². The molecule has 4 rings (SSSR count). The highest BCUT2D eigenvalue weighted by Crippen LogP contribution is 2.39. The number of aromatic nitrogens is 2. The van der Waals surface area contributed by atoms with E-state index in [0.29, 0.717) is 11.7 Å². The fourth-order valence-corrected chi connectivity index (χ4v) is 3.37. The summed E-state index contributed by atoms with van der Waals surface area (Å²) in [5.74, 6) is 1.03. The molecule has 1 aliphatic heterocycles. The van der Waals surface area contributed by atoms with E-state index in [0.717, 1.165) is 35.0 Å². The molecule has 1 fully saturated rings. The molecule has 5 nitrogen and oxygen atoms in total. The van der Waals surface area contributed by atoms with Gasteiger partial charge < -0.3 is 5.32 Å². The molecule has 2 aliphatic carbocycles. The fraction of sp³-hybridized carbons (Fsp3) is 0.421. The van der Waals surface area contributed by atoms with Gasteiger partial charge in [-0.25, -0.2) is 0 Å². The monoisotopic (exact) mass is 356 g/mol. The number of aliphatic imine (C=N–C) groups is 1. The average molecular weight is 357 g/mol. The quantitative estimate of drug-likeness (QED) is 0.844. The van der Waals surface area contributed by atoms with Gasteiger partial charge in [-0.15, -0.1) is 0 Å². The number of aromatic amines is 1. The van der Waals surface area contributed by atoms with Crippen molar-refractivity contribution in [3.05, 3.63) is 46.8 Å². The molecule has 1 aromatic rings. The Morgan fingerprint density at radius 1 is 1.36 bits per heavy atom. The Balaban J connectivity index is 1.44. The highest BCUT2D eigenvalue weighted by molar-refractivity contribution is 6.31. The molecule has 0 spiro atoms. The highest BCUT2D eigenvalue weighted by Gasteiger charge is 2.28. The average Bonchev–Trinajstić information content (AvgIpc) is 3.21. The zero-order valence-corrected chi connectivity index (χ0v) is 14.9. The van der Waals surface area contributed by atoms with Gasteiger partial charge in [-0.05, 0) is 44.8 Å². The van der Waals surface area contributed by atoms with Crippen molar-refractivity contribution in [2.75, 3.05) is 5.32 Å². The first-order valence-electron chi connectivity index (χ1n) is 8.80. The summed E-state index contributed by atoms with van der Waals surface area (Å²) >= 11 is 6.08. The smallest absolute Gasteiger partial charge is 0.234 e. The van der Waals surface area contributed by atoms with Gasteiger partial charge in [-0.3, -0.25) is 14.9 Å². The molecule has 0 bridgehead atoms. The predicted molar refractivity (Wildman–Crippen MR) is 99.7 cm³/mol. The normalized spacial score (nSPS) is 27.1. The van der Waals surface area contributed by atoms with Crippen molar-refractivity contribution in [2.45, 2.75) is 38.5 Å². The lowest BCUT2D eigenvalue weighted by Crippen LogP contribution is -2.21. The Labute approximate surface area is 151 Å². The van der Waals surface area contributed by atoms with Crippen LogP contribution in [-0.2, 0) is 4.79 Å². The maximum absolute atomic E-state index is 12.6. The number of fused-ring (bicyclic) bond motifs is 1. The minimum absolute atomic E-state index is 0.0844. The zero-order chi connectivity index (χ0) is 17.4. The van der Waals surface area contributed by atoms with Crippen LogP contribution in [-0.4, -0.2) is 21.8 Å². The molecule has 1 saturated carbocycles. The van der Waals surface area contributed by atoms with E-state index >= 15 is 0 Å².